The number of nitrogens with one attached hydrogen (secondary N) is 3. The lowest BCUT2D eigenvalue weighted by atomic mass is 10.2. The Labute approximate surface area is 183 Å². The van der Waals surface area contributed by atoms with Crippen LogP contribution in [0.1, 0.15) is 17.3 Å². The van der Waals surface area contributed by atoms with E-state index in [-0.39, 0.29) is 27.7 Å². The molecule has 0 aromatic heterocycles. The molecule has 3 N–H and O–H groups in total. The Morgan fingerprint density at radius 2 is 1.58 bits per heavy atom. The maximum Gasteiger partial charge on any atom is 0.261 e. The van der Waals surface area contributed by atoms with Gasteiger partial charge < -0.3 is 10.6 Å². The van der Waals surface area contributed by atoms with Crippen molar-refractivity contribution in [2.75, 3.05) is 15.4 Å². The van der Waals surface area contributed by atoms with E-state index >= 15 is 0 Å². The van der Waals surface area contributed by atoms with Gasteiger partial charge in [-0.15, -0.1) is 0 Å². The van der Waals surface area contributed by atoms with Crippen LogP contribution in [-0.4, -0.2) is 20.2 Å². The third-order valence-corrected chi connectivity index (χ3v) is 5.67. The molecule has 160 valence electrons. The first-order valence-corrected chi connectivity index (χ1v) is 10.8. The van der Waals surface area contributed by atoms with Crippen LogP contribution in [0.4, 0.5) is 21.5 Å². The predicted molar refractivity (Wildman–Crippen MR) is 117 cm³/mol. The number of sulfonamides is 1. The Kier molecular flexibility index (Phi) is 6.57. The number of benzene rings is 3. The number of rotatable bonds is 6. The Bertz CT molecular complexity index is 1250. The lowest BCUT2D eigenvalue weighted by Crippen LogP contribution is -2.15. The first-order valence-electron chi connectivity index (χ1n) is 8.91. The van der Waals surface area contributed by atoms with Gasteiger partial charge in [-0.1, -0.05) is 17.7 Å². The molecule has 2 amide bonds. The van der Waals surface area contributed by atoms with Crippen LogP contribution in [0.25, 0.3) is 0 Å². The molecule has 0 aliphatic rings. The summed E-state index contributed by atoms with van der Waals surface area (Å²) in [5, 5.41) is 5.38. The Hall–Kier alpha value is -3.43. The number of hydrogen-bond donors (Lipinski definition) is 3. The second-order valence-corrected chi connectivity index (χ2v) is 8.59. The number of carbonyl (C=O) groups excluding carboxylic acids is 2. The zero-order valence-corrected chi connectivity index (χ0v) is 17.7. The summed E-state index contributed by atoms with van der Waals surface area (Å²) in [4.78, 5) is 23.0. The van der Waals surface area contributed by atoms with Crippen molar-refractivity contribution < 1.29 is 22.4 Å². The lowest BCUT2D eigenvalue weighted by Gasteiger charge is -2.12. The minimum atomic E-state index is -4.11. The molecule has 0 saturated carbocycles. The largest absolute Gasteiger partial charge is 0.326 e. The summed E-state index contributed by atoms with van der Waals surface area (Å²) in [7, 11) is -4.11. The highest BCUT2D eigenvalue weighted by Crippen LogP contribution is 2.23. The van der Waals surface area contributed by atoms with Gasteiger partial charge in [0.1, 0.15) is 5.82 Å². The highest BCUT2D eigenvalue weighted by atomic mass is 35.5. The molecular weight excluding hydrogens is 445 g/mol. The number of halogens is 2. The molecule has 0 radical (unpaired) electrons. The Morgan fingerprint density at radius 1 is 0.903 bits per heavy atom. The third-order valence-electron chi connectivity index (χ3n) is 4.04. The molecular formula is C21H17ClFN3O4S. The van der Waals surface area contributed by atoms with Gasteiger partial charge >= 0.3 is 0 Å². The topological polar surface area (TPSA) is 104 Å². The van der Waals surface area contributed by atoms with Crippen LogP contribution in [0.5, 0.6) is 0 Å². The predicted octanol–water partition coefficient (Wildman–Crippen LogP) is 4.49. The van der Waals surface area contributed by atoms with E-state index in [2.05, 4.69) is 15.4 Å². The zero-order chi connectivity index (χ0) is 22.6. The molecule has 0 fully saturated rings. The maximum absolute atomic E-state index is 14.5. The molecule has 3 rings (SSSR count). The number of carbonyl (C=O) groups is 2. The minimum Gasteiger partial charge on any atom is -0.326 e. The molecule has 3 aromatic carbocycles. The Balaban J connectivity index is 1.77. The molecule has 0 bridgehead atoms. The van der Waals surface area contributed by atoms with Gasteiger partial charge in [0.05, 0.1) is 16.3 Å². The van der Waals surface area contributed by atoms with Gasteiger partial charge in [0.2, 0.25) is 5.91 Å². The van der Waals surface area contributed by atoms with E-state index < -0.39 is 21.7 Å². The summed E-state index contributed by atoms with van der Waals surface area (Å²) in [5.74, 6) is -1.80. The fourth-order valence-corrected chi connectivity index (χ4v) is 3.82. The van der Waals surface area contributed by atoms with E-state index in [1.54, 1.807) is 12.1 Å². The van der Waals surface area contributed by atoms with Crippen molar-refractivity contribution in [3.63, 3.8) is 0 Å². The van der Waals surface area contributed by atoms with E-state index in [1.807, 2.05) is 0 Å². The summed E-state index contributed by atoms with van der Waals surface area (Å²) in [6, 6.07) is 15.2. The summed E-state index contributed by atoms with van der Waals surface area (Å²) in [6.07, 6.45) is 0. The summed E-state index contributed by atoms with van der Waals surface area (Å²) >= 11 is 5.78. The van der Waals surface area contributed by atoms with E-state index in [0.29, 0.717) is 10.7 Å². The smallest absolute Gasteiger partial charge is 0.261 e. The molecule has 7 nitrogen and oxygen atoms in total. The first-order chi connectivity index (χ1) is 14.6. The van der Waals surface area contributed by atoms with Crippen molar-refractivity contribution in [3.8, 4) is 0 Å². The first kappa shape index (κ1) is 22.3. The maximum atomic E-state index is 14.5. The van der Waals surface area contributed by atoms with Crippen LogP contribution in [-0.2, 0) is 14.8 Å². The molecule has 0 unspecified atom stereocenters. The van der Waals surface area contributed by atoms with Crippen LogP contribution in [0.3, 0.4) is 0 Å². The SMILES string of the molecule is CC(=O)Nc1cccc(NS(=O)(=O)c2ccc(NC(=O)c3ccc(Cl)cc3)c(F)c2)c1. The van der Waals surface area contributed by atoms with Crippen molar-refractivity contribution in [2.24, 2.45) is 0 Å². The quantitative estimate of drug-likeness (QED) is 0.503. The fraction of sp³-hybridized carbons (Fsp3) is 0.0476. The average molecular weight is 462 g/mol. The van der Waals surface area contributed by atoms with Gasteiger partial charge in [0, 0.05) is 23.2 Å². The third kappa shape index (κ3) is 5.80. The van der Waals surface area contributed by atoms with Gasteiger partial charge in [-0.2, -0.15) is 0 Å². The molecule has 0 spiro atoms. The van der Waals surface area contributed by atoms with Crippen LogP contribution in [0, 0.1) is 5.82 Å². The molecule has 31 heavy (non-hydrogen) atoms. The molecule has 10 heteroatoms. The molecule has 0 aliphatic carbocycles. The van der Waals surface area contributed by atoms with Crippen molar-refractivity contribution in [2.45, 2.75) is 11.8 Å². The van der Waals surface area contributed by atoms with Crippen LogP contribution in [0.2, 0.25) is 5.02 Å². The zero-order valence-electron chi connectivity index (χ0n) is 16.1. The molecule has 0 atom stereocenters. The van der Waals surface area contributed by atoms with Gasteiger partial charge in [0.25, 0.3) is 15.9 Å². The van der Waals surface area contributed by atoms with Crippen LogP contribution < -0.4 is 15.4 Å². The molecule has 0 saturated heterocycles. The minimum absolute atomic E-state index is 0.174. The molecule has 0 heterocycles. The van der Waals surface area contributed by atoms with E-state index in [0.717, 1.165) is 12.1 Å². The second kappa shape index (κ2) is 9.15. The van der Waals surface area contributed by atoms with Gasteiger partial charge in [-0.05, 0) is 60.7 Å². The van der Waals surface area contributed by atoms with Crippen molar-refractivity contribution in [3.05, 3.63) is 83.1 Å². The summed E-state index contributed by atoms with van der Waals surface area (Å²) < 4.78 is 42.0. The standard InChI is InChI=1S/C21H17ClFN3O4S/c1-13(27)24-16-3-2-4-17(11-16)26-31(29,30)18-9-10-20(19(23)12-18)25-21(28)14-5-7-15(22)8-6-14/h2-12,26H,1H3,(H,24,27)(H,25,28). The monoisotopic (exact) mass is 461 g/mol. The van der Waals surface area contributed by atoms with Crippen molar-refractivity contribution in [1.82, 2.24) is 0 Å². The Morgan fingerprint density at radius 3 is 2.23 bits per heavy atom. The van der Waals surface area contributed by atoms with E-state index in [4.69, 9.17) is 11.6 Å². The lowest BCUT2D eigenvalue weighted by molar-refractivity contribution is -0.114. The normalized spacial score (nSPS) is 10.9. The molecule has 3 aromatic rings. The average Bonchev–Trinajstić information content (AvgIpc) is 2.69. The van der Waals surface area contributed by atoms with E-state index in [1.165, 1.54) is 49.4 Å². The number of anilines is 3. The van der Waals surface area contributed by atoms with Crippen molar-refractivity contribution >= 4 is 50.5 Å². The highest BCUT2D eigenvalue weighted by Gasteiger charge is 2.18. The second-order valence-electron chi connectivity index (χ2n) is 6.47. The van der Waals surface area contributed by atoms with Crippen LogP contribution in [0.15, 0.2) is 71.6 Å². The van der Waals surface area contributed by atoms with Crippen molar-refractivity contribution in [1.29, 1.82) is 0 Å². The van der Waals surface area contributed by atoms with E-state index in [9.17, 15) is 22.4 Å². The number of hydrogen-bond acceptors (Lipinski definition) is 4. The fourth-order valence-electron chi connectivity index (χ4n) is 2.64. The van der Waals surface area contributed by atoms with Gasteiger partial charge in [-0.25, -0.2) is 12.8 Å². The molecule has 0 aliphatic heterocycles. The van der Waals surface area contributed by atoms with Gasteiger partial charge in [0.15, 0.2) is 0 Å². The van der Waals surface area contributed by atoms with Crippen LogP contribution >= 0.6 is 11.6 Å². The highest BCUT2D eigenvalue weighted by molar-refractivity contribution is 7.92. The summed E-state index contributed by atoms with van der Waals surface area (Å²) in [6.45, 7) is 1.33. The summed E-state index contributed by atoms with van der Waals surface area (Å²) in [5.41, 5.74) is 0.679. The number of amides is 2. The van der Waals surface area contributed by atoms with Gasteiger partial charge in [-0.3, -0.25) is 14.3 Å².